The minimum absolute atomic E-state index is 0.151. The number of rotatable bonds is 5. The van der Waals surface area contributed by atoms with Gasteiger partial charge in [0.15, 0.2) is 10.3 Å². The Hall–Kier alpha value is -2.22. The third-order valence-electron chi connectivity index (χ3n) is 1.43. The molecular formula is C4N6O6S2. The summed E-state index contributed by atoms with van der Waals surface area (Å²) < 4.78 is 8.37. The topological polar surface area (TPSA) is 164 Å². The summed E-state index contributed by atoms with van der Waals surface area (Å²) in [6.45, 7) is 0. The molecule has 18 heavy (non-hydrogen) atoms. The summed E-state index contributed by atoms with van der Waals surface area (Å²) in [7, 11) is 1.42. The van der Waals surface area contributed by atoms with Gasteiger partial charge in [-0.3, -0.25) is 0 Å². The molecule has 0 aromatic carbocycles. The fourth-order valence-corrected chi connectivity index (χ4v) is 2.52. The van der Waals surface area contributed by atoms with Gasteiger partial charge in [0.2, 0.25) is 0 Å². The first-order valence-electron chi connectivity index (χ1n) is 3.88. The highest BCUT2D eigenvalue weighted by molar-refractivity contribution is 8.76. The zero-order valence-electron chi connectivity index (χ0n) is 7.95. The van der Waals surface area contributed by atoms with E-state index in [2.05, 4.69) is 29.9 Å². The molecule has 2 aromatic heterocycles. The summed E-state index contributed by atoms with van der Waals surface area (Å²) >= 11 is 0. The second-order valence-electron chi connectivity index (χ2n) is 2.47. The van der Waals surface area contributed by atoms with Crippen LogP contribution in [0.15, 0.2) is 19.3 Å². The summed E-state index contributed by atoms with van der Waals surface area (Å²) in [5.41, 5.74) is 0. The van der Waals surface area contributed by atoms with Crippen molar-refractivity contribution in [2.45, 2.75) is 10.1 Å². The highest BCUT2D eigenvalue weighted by Crippen LogP contribution is 2.41. The normalized spacial score (nSPS) is 10.4. The summed E-state index contributed by atoms with van der Waals surface area (Å²) in [6.07, 6.45) is 0. The molecule has 2 rings (SSSR count). The lowest BCUT2D eigenvalue weighted by molar-refractivity contribution is -0.393. The first-order valence-corrected chi connectivity index (χ1v) is 6.03. The minimum Gasteiger partial charge on any atom is -0.358 e. The van der Waals surface area contributed by atoms with Crippen molar-refractivity contribution in [3.8, 4) is 0 Å². The molecule has 0 saturated heterocycles. The van der Waals surface area contributed by atoms with Gasteiger partial charge >= 0.3 is 11.6 Å². The summed E-state index contributed by atoms with van der Waals surface area (Å²) in [5, 5.41) is 33.3. The molecular weight excluding hydrogens is 292 g/mol. The van der Waals surface area contributed by atoms with Crippen LogP contribution < -0.4 is 0 Å². The standard InChI is InChI=1S/C4N6O6S2/c11-9(12)1-3(7-15-5-1)17-18-4-2(10(13)14)6-16-8-4. The predicted octanol–water partition coefficient (Wildman–Crippen LogP) is 1.07. The minimum atomic E-state index is -0.797. The number of nitrogens with zero attached hydrogens (tertiary/aromatic N) is 6. The maximum Gasteiger partial charge on any atom is 0.449 e. The molecule has 0 aliphatic heterocycles. The molecule has 0 radical (unpaired) electrons. The van der Waals surface area contributed by atoms with Gasteiger partial charge in [-0.05, 0) is 41.7 Å². The van der Waals surface area contributed by atoms with Crippen molar-refractivity contribution in [2.24, 2.45) is 0 Å². The van der Waals surface area contributed by atoms with Gasteiger partial charge in [-0.15, -0.1) is 9.26 Å². The van der Waals surface area contributed by atoms with Crippen LogP contribution in [0.2, 0.25) is 0 Å². The van der Waals surface area contributed by atoms with Crippen LogP contribution in [-0.2, 0) is 0 Å². The van der Waals surface area contributed by atoms with Gasteiger partial charge in [-0.25, -0.2) is 0 Å². The number of aromatic nitrogens is 4. The number of nitro groups is 2. The molecule has 2 aromatic rings. The fourth-order valence-electron chi connectivity index (χ4n) is 0.759. The lowest BCUT2D eigenvalue weighted by atomic mass is 10.8. The average Bonchev–Trinajstić information content (AvgIpc) is 2.94. The second-order valence-corrected chi connectivity index (χ2v) is 4.57. The quantitative estimate of drug-likeness (QED) is 0.437. The van der Waals surface area contributed by atoms with Gasteiger partial charge in [0, 0.05) is 0 Å². The Balaban J connectivity index is 2.12. The molecule has 94 valence electrons. The second kappa shape index (κ2) is 4.96. The highest BCUT2D eigenvalue weighted by atomic mass is 33.1. The van der Waals surface area contributed by atoms with Crippen molar-refractivity contribution in [2.75, 3.05) is 0 Å². The van der Waals surface area contributed by atoms with E-state index >= 15 is 0 Å². The molecule has 2 heterocycles. The smallest absolute Gasteiger partial charge is 0.358 e. The van der Waals surface area contributed by atoms with Crippen LogP contribution in [0.4, 0.5) is 11.6 Å². The number of hydrogen-bond donors (Lipinski definition) is 0. The molecule has 0 fully saturated rings. The van der Waals surface area contributed by atoms with E-state index in [9.17, 15) is 20.2 Å². The third-order valence-corrected chi connectivity index (χ3v) is 3.54. The Labute approximate surface area is 104 Å². The van der Waals surface area contributed by atoms with E-state index in [1.807, 2.05) is 0 Å². The van der Waals surface area contributed by atoms with E-state index < -0.39 is 21.5 Å². The van der Waals surface area contributed by atoms with Crippen LogP contribution in [0.1, 0.15) is 0 Å². The van der Waals surface area contributed by atoms with E-state index in [-0.39, 0.29) is 10.1 Å². The van der Waals surface area contributed by atoms with Crippen molar-refractivity contribution >= 4 is 33.2 Å². The lowest BCUT2D eigenvalue weighted by Crippen LogP contribution is -1.90. The molecule has 0 unspecified atom stereocenters. The maximum atomic E-state index is 10.5. The van der Waals surface area contributed by atoms with Crippen molar-refractivity contribution in [3.05, 3.63) is 20.2 Å². The summed E-state index contributed by atoms with van der Waals surface area (Å²) in [6, 6.07) is 0. The molecule has 0 bridgehead atoms. The van der Waals surface area contributed by atoms with Gasteiger partial charge in [0.25, 0.3) is 10.1 Å². The van der Waals surface area contributed by atoms with Crippen molar-refractivity contribution in [3.63, 3.8) is 0 Å². The molecule has 14 heteroatoms. The number of hydrogen-bond acceptors (Lipinski definition) is 12. The highest BCUT2D eigenvalue weighted by Gasteiger charge is 2.28. The van der Waals surface area contributed by atoms with E-state index in [4.69, 9.17) is 0 Å². The largest absolute Gasteiger partial charge is 0.449 e. The molecule has 0 N–H and O–H groups in total. The van der Waals surface area contributed by atoms with Crippen molar-refractivity contribution in [1.82, 2.24) is 20.6 Å². The molecule has 0 saturated carbocycles. The van der Waals surface area contributed by atoms with Gasteiger partial charge in [0.1, 0.15) is 0 Å². The SMILES string of the molecule is O=[N+]([O-])c1nonc1SSc1nonc1[N+](=O)[O-]. The Morgan fingerprint density at radius 3 is 1.56 bits per heavy atom. The van der Waals surface area contributed by atoms with E-state index in [1.165, 1.54) is 0 Å². The summed E-state index contributed by atoms with van der Waals surface area (Å²) in [5.74, 6) is -1.18. The zero-order valence-corrected chi connectivity index (χ0v) is 9.58. The fraction of sp³-hybridized carbons (Fsp3) is 0. The van der Waals surface area contributed by atoms with E-state index in [1.54, 1.807) is 0 Å². The molecule has 0 aliphatic rings. The van der Waals surface area contributed by atoms with Crippen molar-refractivity contribution in [1.29, 1.82) is 0 Å². The molecule has 0 spiro atoms. The third kappa shape index (κ3) is 2.38. The van der Waals surface area contributed by atoms with Gasteiger partial charge in [-0.2, -0.15) is 0 Å². The van der Waals surface area contributed by atoms with E-state index in [0.717, 1.165) is 0 Å². The van der Waals surface area contributed by atoms with Crippen LogP contribution in [0.25, 0.3) is 0 Å². The van der Waals surface area contributed by atoms with Crippen LogP contribution in [-0.4, -0.2) is 30.5 Å². The lowest BCUT2D eigenvalue weighted by Gasteiger charge is -1.91. The average molecular weight is 292 g/mol. The molecule has 0 atom stereocenters. The summed E-state index contributed by atoms with van der Waals surface area (Å²) in [4.78, 5) is 19.4. The van der Waals surface area contributed by atoms with Crippen LogP contribution >= 0.6 is 21.6 Å². The Kier molecular flexibility index (Phi) is 3.38. The predicted molar refractivity (Wildman–Crippen MR) is 53.6 cm³/mol. The van der Waals surface area contributed by atoms with Crippen molar-refractivity contribution < 1.29 is 19.1 Å². The van der Waals surface area contributed by atoms with E-state index in [0.29, 0.717) is 21.6 Å². The monoisotopic (exact) mass is 292 g/mol. The Morgan fingerprint density at radius 1 is 0.833 bits per heavy atom. The first-order chi connectivity index (χ1) is 8.59. The Morgan fingerprint density at radius 2 is 1.22 bits per heavy atom. The molecule has 0 aliphatic carbocycles. The van der Waals surface area contributed by atoms with Crippen LogP contribution in [0.3, 0.4) is 0 Å². The van der Waals surface area contributed by atoms with Crippen LogP contribution in [0, 0.1) is 20.2 Å². The van der Waals surface area contributed by atoms with Gasteiger partial charge in [0.05, 0.1) is 0 Å². The van der Waals surface area contributed by atoms with Crippen LogP contribution in [0.5, 0.6) is 0 Å². The van der Waals surface area contributed by atoms with Gasteiger partial charge < -0.3 is 20.2 Å². The zero-order chi connectivity index (χ0) is 13.1. The maximum absolute atomic E-state index is 10.5. The van der Waals surface area contributed by atoms with Gasteiger partial charge in [-0.1, -0.05) is 0 Å². The molecule has 0 amide bonds. The Bertz CT molecular complexity index is 542. The molecule has 12 nitrogen and oxygen atoms in total. The first kappa shape index (κ1) is 12.2.